The molecule has 0 aromatic carbocycles. The predicted molar refractivity (Wildman–Crippen MR) is 81.3 cm³/mol. The molecule has 1 amide bonds. The summed E-state index contributed by atoms with van der Waals surface area (Å²) in [5.41, 5.74) is 7.16. The number of hydrogen-bond donors (Lipinski definition) is 2. The molecule has 0 saturated heterocycles. The zero-order valence-corrected chi connectivity index (χ0v) is 12.4. The van der Waals surface area contributed by atoms with Gasteiger partial charge in [0.1, 0.15) is 10.8 Å². The van der Waals surface area contributed by atoms with Crippen molar-refractivity contribution in [1.82, 2.24) is 9.88 Å². The average Bonchev–Trinajstić information content (AvgIpc) is 2.37. The van der Waals surface area contributed by atoms with Gasteiger partial charge in [0.25, 0.3) is 0 Å². The molecule has 0 radical (unpaired) electrons. The Hall–Kier alpha value is -1.69. The van der Waals surface area contributed by atoms with Crippen LogP contribution >= 0.6 is 12.2 Å². The highest BCUT2D eigenvalue weighted by atomic mass is 32.1. The minimum absolute atomic E-state index is 0.0465. The van der Waals surface area contributed by atoms with Crippen molar-refractivity contribution >= 4 is 28.9 Å². The molecule has 19 heavy (non-hydrogen) atoms. The van der Waals surface area contributed by atoms with Crippen molar-refractivity contribution in [3.63, 3.8) is 0 Å². The first-order valence-corrected chi connectivity index (χ1v) is 6.68. The normalized spacial score (nSPS) is 10.1. The van der Waals surface area contributed by atoms with Gasteiger partial charge in [-0.15, -0.1) is 0 Å². The average molecular weight is 280 g/mol. The van der Waals surface area contributed by atoms with Gasteiger partial charge in [0, 0.05) is 24.3 Å². The predicted octanol–water partition coefficient (Wildman–Crippen LogP) is 1.30. The van der Waals surface area contributed by atoms with Gasteiger partial charge < -0.3 is 16.0 Å². The van der Waals surface area contributed by atoms with Crippen LogP contribution in [0.1, 0.15) is 25.1 Å². The Kier molecular flexibility index (Phi) is 5.69. The highest BCUT2D eigenvalue weighted by molar-refractivity contribution is 7.80. The lowest BCUT2D eigenvalue weighted by atomic mass is 10.2. The third kappa shape index (κ3) is 4.48. The minimum atomic E-state index is 0.0465. The molecule has 0 fully saturated rings. The first kappa shape index (κ1) is 15.4. The molecule has 0 aliphatic carbocycles. The number of amides is 1. The van der Waals surface area contributed by atoms with E-state index in [1.54, 1.807) is 11.0 Å². The van der Waals surface area contributed by atoms with Gasteiger partial charge in [0.2, 0.25) is 5.91 Å². The number of aryl methyl sites for hydroxylation is 1. The number of pyridine rings is 1. The molecule has 0 spiro atoms. The number of anilines is 1. The first-order valence-electron chi connectivity index (χ1n) is 6.28. The number of nitrogens with two attached hydrogens (primary N) is 1. The topological polar surface area (TPSA) is 71.2 Å². The number of likely N-dealkylation sites (N-methyl/N-ethyl adjacent to an activating group) is 1. The van der Waals surface area contributed by atoms with Crippen LogP contribution in [-0.2, 0) is 4.79 Å². The van der Waals surface area contributed by atoms with Crippen LogP contribution < -0.4 is 11.1 Å². The monoisotopic (exact) mass is 280 g/mol. The molecule has 3 N–H and O–H groups in total. The number of carbonyl (C=O) groups excluding carboxylic acids is 1. The number of aromatic nitrogens is 1. The summed E-state index contributed by atoms with van der Waals surface area (Å²) in [6.07, 6.45) is 0. The molecule has 5 nitrogen and oxygen atoms in total. The van der Waals surface area contributed by atoms with E-state index in [0.717, 1.165) is 11.3 Å². The summed E-state index contributed by atoms with van der Waals surface area (Å²) in [5, 5.41) is 3.01. The molecule has 0 bridgehead atoms. The molecule has 0 saturated carbocycles. The summed E-state index contributed by atoms with van der Waals surface area (Å²) < 4.78 is 0. The lowest BCUT2D eigenvalue weighted by Crippen LogP contribution is -2.35. The zero-order chi connectivity index (χ0) is 14.4. The maximum Gasteiger partial charge on any atom is 0.241 e. The molecule has 0 unspecified atom stereocenters. The second-order valence-electron chi connectivity index (χ2n) is 4.17. The number of carbonyl (C=O) groups is 1. The highest BCUT2D eigenvalue weighted by Crippen LogP contribution is 2.10. The Morgan fingerprint density at radius 3 is 2.58 bits per heavy atom. The highest BCUT2D eigenvalue weighted by Gasteiger charge is 2.10. The number of nitrogens with one attached hydrogen (secondary N) is 1. The third-order valence-electron chi connectivity index (χ3n) is 2.77. The van der Waals surface area contributed by atoms with Crippen molar-refractivity contribution in [1.29, 1.82) is 0 Å². The van der Waals surface area contributed by atoms with E-state index in [1.807, 2.05) is 26.8 Å². The second kappa shape index (κ2) is 7.04. The minimum Gasteiger partial charge on any atom is -0.389 e. The van der Waals surface area contributed by atoms with Gasteiger partial charge in [-0.05, 0) is 32.9 Å². The van der Waals surface area contributed by atoms with Crippen LogP contribution in [0.25, 0.3) is 0 Å². The van der Waals surface area contributed by atoms with E-state index in [1.165, 1.54) is 0 Å². The summed E-state index contributed by atoms with van der Waals surface area (Å²) in [6.45, 7) is 7.40. The summed E-state index contributed by atoms with van der Waals surface area (Å²) in [7, 11) is 0. The molecule has 6 heteroatoms. The van der Waals surface area contributed by atoms with Crippen LogP contribution in [0.2, 0.25) is 0 Å². The van der Waals surface area contributed by atoms with Crippen molar-refractivity contribution in [3.8, 4) is 0 Å². The van der Waals surface area contributed by atoms with Crippen molar-refractivity contribution in [3.05, 3.63) is 23.4 Å². The third-order valence-corrected chi connectivity index (χ3v) is 3.01. The van der Waals surface area contributed by atoms with Crippen molar-refractivity contribution in [2.24, 2.45) is 5.73 Å². The van der Waals surface area contributed by atoms with Gasteiger partial charge in [-0.1, -0.05) is 12.2 Å². The summed E-state index contributed by atoms with van der Waals surface area (Å²) in [5.74, 6) is 0.661. The smallest absolute Gasteiger partial charge is 0.241 e. The van der Waals surface area contributed by atoms with Gasteiger partial charge in [-0.2, -0.15) is 0 Å². The second-order valence-corrected chi connectivity index (χ2v) is 4.61. The van der Waals surface area contributed by atoms with Crippen LogP contribution in [0.15, 0.2) is 12.1 Å². The van der Waals surface area contributed by atoms with Gasteiger partial charge in [0.05, 0.1) is 6.54 Å². The van der Waals surface area contributed by atoms with E-state index in [-0.39, 0.29) is 12.5 Å². The van der Waals surface area contributed by atoms with Crippen LogP contribution in [0, 0.1) is 6.92 Å². The summed E-state index contributed by atoms with van der Waals surface area (Å²) in [4.78, 5) is 18.3. The lowest BCUT2D eigenvalue weighted by molar-refractivity contribution is -0.128. The fourth-order valence-electron chi connectivity index (χ4n) is 1.76. The zero-order valence-electron chi connectivity index (χ0n) is 11.6. The van der Waals surface area contributed by atoms with Gasteiger partial charge in [0.15, 0.2) is 0 Å². The summed E-state index contributed by atoms with van der Waals surface area (Å²) in [6, 6.07) is 3.57. The van der Waals surface area contributed by atoms with Crippen LogP contribution in [-0.4, -0.2) is 40.4 Å². The van der Waals surface area contributed by atoms with Crippen LogP contribution in [0.5, 0.6) is 0 Å². The molecule has 1 aromatic heterocycles. The first-order chi connectivity index (χ1) is 8.97. The number of rotatable bonds is 6. The van der Waals surface area contributed by atoms with E-state index in [0.29, 0.717) is 23.9 Å². The van der Waals surface area contributed by atoms with Crippen LogP contribution in [0.4, 0.5) is 5.82 Å². The molecular weight excluding hydrogens is 260 g/mol. The maximum absolute atomic E-state index is 11.9. The standard InChI is InChI=1S/C13H20N4OS/c1-4-17(5-2)12(18)8-15-11-7-10(13(14)19)6-9(3)16-11/h6-7H,4-5,8H2,1-3H3,(H2,14,19)(H,15,16). The fourth-order valence-corrected chi connectivity index (χ4v) is 1.87. The Labute approximate surface area is 119 Å². The largest absolute Gasteiger partial charge is 0.389 e. The Morgan fingerprint density at radius 1 is 1.42 bits per heavy atom. The van der Waals surface area contributed by atoms with Crippen molar-refractivity contribution < 1.29 is 4.79 Å². The molecule has 1 heterocycles. The maximum atomic E-state index is 11.9. The quantitative estimate of drug-likeness (QED) is 0.769. The van der Waals surface area contributed by atoms with Gasteiger partial charge in [-0.3, -0.25) is 4.79 Å². The van der Waals surface area contributed by atoms with Crippen molar-refractivity contribution in [2.75, 3.05) is 25.0 Å². The molecule has 0 atom stereocenters. The van der Waals surface area contributed by atoms with Crippen molar-refractivity contribution in [2.45, 2.75) is 20.8 Å². The van der Waals surface area contributed by atoms with E-state index < -0.39 is 0 Å². The molecule has 0 aliphatic heterocycles. The van der Waals surface area contributed by atoms with E-state index >= 15 is 0 Å². The molecular formula is C13H20N4OS. The Balaban J connectivity index is 2.72. The van der Waals surface area contributed by atoms with E-state index in [4.69, 9.17) is 18.0 Å². The molecule has 0 aliphatic rings. The molecule has 1 rings (SSSR count). The number of thiocarbonyl (C=S) groups is 1. The fraction of sp³-hybridized carbons (Fsp3) is 0.462. The lowest BCUT2D eigenvalue weighted by Gasteiger charge is -2.19. The SMILES string of the molecule is CCN(CC)C(=O)CNc1cc(C(N)=S)cc(C)n1. The Morgan fingerprint density at radius 2 is 2.05 bits per heavy atom. The number of nitrogens with zero attached hydrogens (tertiary/aromatic N) is 2. The van der Waals surface area contributed by atoms with E-state index in [2.05, 4.69) is 10.3 Å². The van der Waals surface area contributed by atoms with Gasteiger partial charge >= 0.3 is 0 Å². The number of hydrogen-bond acceptors (Lipinski definition) is 4. The molecule has 104 valence electrons. The van der Waals surface area contributed by atoms with Gasteiger partial charge in [-0.25, -0.2) is 4.98 Å². The van der Waals surface area contributed by atoms with Crippen LogP contribution in [0.3, 0.4) is 0 Å². The molecule has 1 aromatic rings. The summed E-state index contributed by atoms with van der Waals surface area (Å²) >= 11 is 4.94. The Bertz CT molecular complexity index is 472. The van der Waals surface area contributed by atoms with E-state index in [9.17, 15) is 4.79 Å².